The molecule has 4 heteroatoms. The van der Waals surface area contributed by atoms with Gasteiger partial charge in [-0.3, -0.25) is 4.79 Å². The fraction of sp³-hybridized carbons (Fsp3) is 0.533. The van der Waals surface area contributed by atoms with Crippen molar-refractivity contribution in [3.05, 3.63) is 29.6 Å². The zero-order valence-electron chi connectivity index (χ0n) is 11.8. The number of carbonyl (C=O) groups is 1. The van der Waals surface area contributed by atoms with Crippen molar-refractivity contribution in [2.24, 2.45) is 17.6 Å². The van der Waals surface area contributed by atoms with E-state index in [0.29, 0.717) is 24.4 Å². The van der Waals surface area contributed by atoms with Crippen LogP contribution >= 0.6 is 0 Å². The van der Waals surface area contributed by atoms with Crippen LogP contribution in [0.5, 0.6) is 5.75 Å². The molecule has 0 heterocycles. The third kappa shape index (κ3) is 4.63. The van der Waals surface area contributed by atoms with Gasteiger partial charge in [-0.25, -0.2) is 4.39 Å². The second-order valence-electron chi connectivity index (χ2n) is 5.21. The Labute approximate surface area is 113 Å². The zero-order chi connectivity index (χ0) is 14.4. The lowest BCUT2D eigenvalue weighted by molar-refractivity contribution is 0.0957. The van der Waals surface area contributed by atoms with E-state index in [1.165, 1.54) is 19.2 Å². The molecule has 0 amide bonds. The molecule has 19 heavy (non-hydrogen) atoms. The number of rotatable bonds is 7. The fourth-order valence-corrected chi connectivity index (χ4v) is 2.15. The largest absolute Gasteiger partial charge is 0.494 e. The van der Waals surface area contributed by atoms with Crippen LogP contribution in [0.25, 0.3) is 0 Å². The summed E-state index contributed by atoms with van der Waals surface area (Å²) in [6, 6.07) is 4.29. The van der Waals surface area contributed by atoms with E-state index >= 15 is 0 Å². The van der Waals surface area contributed by atoms with Crippen molar-refractivity contribution in [2.75, 3.05) is 13.7 Å². The van der Waals surface area contributed by atoms with Gasteiger partial charge in [0.05, 0.1) is 7.11 Å². The van der Waals surface area contributed by atoms with Crippen LogP contribution in [0.4, 0.5) is 4.39 Å². The lowest BCUT2D eigenvalue weighted by Crippen LogP contribution is -2.20. The number of Topliss-reactive ketones (excluding diaryl/α,β-unsaturated/α-hetero) is 1. The predicted molar refractivity (Wildman–Crippen MR) is 73.9 cm³/mol. The molecular weight excluding hydrogens is 245 g/mol. The maximum Gasteiger partial charge on any atom is 0.165 e. The molecule has 1 atom stereocenters. The minimum Gasteiger partial charge on any atom is -0.494 e. The number of ether oxygens (including phenoxy) is 1. The summed E-state index contributed by atoms with van der Waals surface area (Å²) in [5, 5.41) is 0. The van der Waals surface area contributed by atoms with Gasteiger partial charge in [-0.1, -0.05) is 13.8 Å². The van der Waals surface area contributed by atoms with E-state index in [4.69, 9.17) is 10.5 Å². The second kappa shape index (κ2) is 7.24. The van der Waals surface area contributed by atoms with E-state index in [0.717, 1.165) is 6.42 Å². The Hall–Kier alpha value is -1.42. The summed E-state index contributed by atoms with van der Waals surface area (Å²) in [6.07, 6.45) is 1.27. The first kappa shape index (κ1) is 15.6. The number of methoxy groups -OCH3 is 1. The van der Waals surface area contributed by atoms with Gasteiger partial charge < -0.3 is 10.5 Å². The molecule has 3 nitrogen and oxygen atoms in total. The van der Waals surface area contributed by atoms with Crippen molar-refractivity contribution in [1.29, 1.82) is 0 Å². The molecule has 0 radical (unpaired) electrons. The van der Waals surface area contributed by atoms with Crippen molar-refractivity contribution >= 4 is 5.78 Å². The summed E-state index contributed by atoms with van der Waals surface area (Å²) in [6.45, 7) is 4.67. The number of hydrogen-bond donors (Lipinski definition) is 1. The molecule has 0 saturated heterocycles. The van der Waals surface area contributed by atoms with E-state index in [9.17, 15) is 9.18 Å². The van der Waals surface area contributed by atoms with Gasteiger partial charge >= 0.3 is 0 Å². The van der Waals surface area contributed by atoms with Crippen molar-refractivity contribution in [3.63, 3.8) is 0 Å². The van der Waals surface area contributed by atoms with Gasteiger partial charge in [0.1, 0.15) is 0 Å². The highest BCUT2D eigenvalue weighted by Gasteiger charge is 2.16. The maximum atomic E-state index is 13.5. The minimum absolute atomic E-state index is 0.0716. The average molecular weight is 267 g/mol. The van der Waals surface area contributed by atoms with Gasteiger partial charge in [0.15, 0.2) is 17.3 Å². The van der Waals surface area contributed by atoms with Crippen LogP contribution in [0.15, 0.2) is 18.2 Å². The quantitative estimate of drug-likeness (QED) is 0.773. The summed E-state index contributed by atoms with van der Waals surface area (Å²) >= 11 is 0. The van der Waals surface area contributed by atoms with Crippen molar-refractivity contribution in [1.82, 2.24) is 0 Å². The predicted octanol–water partition coefficient (Wildman–Crippen LogP) is 3.03. The molecular formula is C15H22FNO2. The lowest BCUT2D eigenvalue weighted by atomic mass is 9.90. The summed E-state index contributed by atoms with van der Waals surface area (Å²) < 4.78 is 18.4. The van der Waals surface area contributed by atoms with Gasteiger partial charge in [-0.2, -0.15) is 0 Å². The van der Waals surface area contributed by atoms with Gasteiger partial charge in [-0.05, 0) is 43.0 Å². The Morgan fingerprint density at radius 2 is 2.11 bits per heavy atom. The molecule has 0 aliphatic carbocycles. The number of carbonyl (C=O) groups excluding carboxylic acids is 1. The molecule has 106 valence electrons. The third-order valence-electron chi connectivity index (χ3n) is 3.09. The van der Waals surface area contributed by atoms with E-state index < -0.39 is 5.82 Å². The van der Waals surface area contributed by atoms with E-state index in [1.54, 1.807) is 6.07 Å². The summed E-state index contributed by atoms with van der Waals surface area (Å²) in [5.74, 6) is 0.208. The Kier molecular flexibility index (Phi) is 5.96. The molecule has 2 N–H and O–H groups in total. The first-order chi connectivity index (χ1) is 8.97. The number of benzene rings is 1. The lowest BCUT2D eigenvalue weighted by Gasteiger charge is -2.16. The number of nitrogens with two attached hydrogens (primary N) is 1. The van der Waals surface area contributed by atoms with E-state index in [1.807, 2.05) is 0 Å². The molecule has 1 unspecified atom stereocenters. The Morgan fingerprint density at radius 3 is 2.58 bits per heavy atom. The first-order valence-electron chi connectivity index (χ1n) is 6.54. The van der Waals surface area contributed by atoms with Crippen molar-refractivity contribution < 1.29 is 13.9 Å². The highest BCUT2D eigenvalue weighted by molar-refractivity contribution is 5.96. The maximum absolute atomic E-state index is 13.5. The third-order valence-corrected chi connectivity index (χ3v) is 3.09. The molecule has 0 spiro atoms. The average Bonchev–Trinajstić information content (AvgIpc) is 2.37. The number of halogens is 1. The van der Waals surface area contributed by atoms with Crippen LogP contribution in [0.2, 0.25) is 0 Å². The van der Waals surface area contributed by atoms with Gasteiger partial charge in [0.25, 0.3) is 0 Å². The highest BCUT2D eigenvalue weighted by Crippen LogP contribution is 2.21. The number of ketones is 1. The smallest absolute Gasteiger partial charge is 0.165 e. The molecule has 1 rings (SSSR count). The van der Waals surface area contributed by atoms with Crippen LogP contribution < -0.4 is 10.5 Å². The van der Waals surface area contributed by atoms with Crippen molar-refractivity contribution in [2.45, 2.75) is 26.7 Å². The zero-order valence-corrected chi connectivity index (χ0v) is 11.8. The Morgan fingerprint density at radius 1 is 1.42 bits per heavy atom. The molecule has 0 saturated carbocycles. The number of hydrogen-bond acceptors (Lipinski definition) is 3. The van der Waals surface area contributed by atoms with Crippen LogP contribution in [0, 0.1) is 17.7 Å². The van der Waals surface area contributed by atoms with Crippen LogP contribution in [0.1, 0.15) is 37.0 Å². The first-order valence-corrected chi connectivity index (χ1v) is 6.54. The summed E-state index contributed by atoms with van der Waals surface area (Å²) in [7, 11) is 1.40. The normalized spacial score (nSPS) is 12.5. The standard InChI is InChI=1S/C15H22FNO2/c1-10(2)6-11(9-17)7-14(18)12-4-5-15(19-3)13(16)8-12/h4-5,8,10-11H,6-7,9,17H2,1-3H3. The Balaban J connectivity index is 2.74. The molecule has 1 aromatic rings. The molecule has 0 bridgehead atoms. The SMILES string of the molecule is COc1ccc(C(=O)CC(CN)CC(C)C)cc1F. The fourth-order valence-electron chi connectivity index (χ4n) is 2.15. The van der Waals surface area contributed by atoms with E-state index in [-0.39, 0.29) is 17.5 Å². The van der Waals surface area contributed by atoms with Crippen molar-refractivity contribution in [3.8, 4) is 5.75 Å². The van der Waals surface area contributed by atoms with Gasteiger partial charge in [0.2, 0.25) is 0 Å². The van der Waals surface area contributed by atoms with E-state index in [2.05, 4.69) is 13.8 Å². The van der Waals surface area contributed by atoms with Gasteiger partial charge in [0, 0.05) is 12.0 Å². The van der Waals surface area contributed by atoms with Crippen LogP contribution in [-0.4, -0.2) is 19.4 Å². The van der Waals surface area contributed by atoms with Crippen LogP contribution in [-0.2, 0) is 0 Å². The summed E-state index contributed by atoms with van der Waals surface area (Å²) in [5.41, 5.74) is 6.05. The highest BCUT2D eigenvalue weighted by atomic mass is 19.1. The minimum atomic E-state index is -0.512. The van der Waals surface area contributed by atoms with Crippen LogP contribution in [0.3, 0.4) is 0 Å². The molecule has 0 aromatic heterocycles. The monoisotopic (exact) mass is 267 g/mol. The second-order valence-corrected chi connectivity index (χ2v) is 5.21. The molecule has 0 aliphatic heterocycles. The topological polar surface area (TPSA) is 52.3 Å². The summed E-state index contributed by atoms with van der Waals surface area (Å²) in [4.78, 5) is 12.1. The molecule has 0 aliphatic rings. The van der Waals surface area contributed by atoms with Gasteiger partial charge in [-0.15, -0.1) is 0 Å². The molecule has 1 aromatic carbocycles. The Bertz CT molecular complexity index is 432. The molecule has 0 fully saturated rings.